The van der Waals surface area contributed by atoms with Crippen molar-refractivity contribution in [2.24, 2.45) is 4.99 Å². The summed E-state index contributed by atoms with van der Waals surface area (Å²) in [7, 11) is 0. The Kier molecular flexibility index (Phi) is 3.44. The molecule has 1 aromatic rings. The largest absolute Gasteiger partial charge is 0.235 e. The average Bonchev–Trinajstić information content (AvgIpc) is 2.79. The van der Waals surface area contributed by atoms with Crippen LogP contribution in [0.1, 0.15) is 56.6 Å². The van der Waals surface area contributed by atoms with Gasteiger partial charge in [0.2, 0.25) is 6.08 Å². The number of aliphatic imine (C=N–C) groups is 1. The lowest BCUT2D eigenvalue weighted by Gasteiger charge is -2.23. The summed E-state index contributed by atoms with van der Waals surface area (Å²) in [6.45, 7) is 4.37. The molecule has 0 saturated heterocycles. The molecule has 0 atom stereocenters. The van der Waals surface area contributed by atoms with Crippen molar-refractivity contribution in [3.05, 3.63) is 35.4 Å². The zero-order chi connectivity index (χ0) is 12.3. The van der Waals surface area contributed by atoms with Crippen molar-refractivity contribution in [3.8, 4) is 0 Å². The van der Waals surface area contributed by atoms with Gasteiger partial charge < -0.3 is 0 Å². The maximum absolute atomic E-state index is 10.6. The fraction of sp³-hybridized carbons (Fsp3) is 0.533. The topological polar surface area (TPSA) is 29.4 Å². The van der Waals surface area contributed by atoms with Crippen molar-refractivity contribution in [1.82, 2.24) is 0 Å². The highest BCUT2D eigenvalue weighted by Crippen LogP contribution is 2.42. The summed E-state index contributed by atoms with van der Waals surface area (Å²) < 4.78 is 0. The molecule has 0 radical (unpaired) electrons. The molecule has 90 valence electrons. The average molecular weight is 229 g/mol. The predicted molar refractivity (Wildman–Crippen MR) is 68.8 cm³/mol. The van der Waals surface area contributed by atoms with Gasteiger partial charge in [-0.15, -0.1) is 0 Å². The van der Waals surface area contributed by atoms with Crippen LogP contribution in [-0.4, -0.2) is 6.08 Å². The van der Waals surface area contributed by atoms with E-state index in [4.69, 9.17) is 0 Å². The molecule has 1 aromatic carbocycles. The van der Waals surface area contributed by atoms with E-state index in [1.54, 1.807) is 6.08 Å². The number of isocyanates is 1. The van der Waals surface area contributed by atoms with E-state index in [1.165, 1.54) is 11.1 Å². The molecule has 0 bridgehead atoms. The molecule has 2 heteroatoms. The quantitative estimate of drug-likeness (QED) is 0.570. The third-order valence-corrected chi connectivity index (χ3v) is 3.81. The Hall–Kier alpha value is -1.40. The first-order chi connectivity index (χ1) is 8.18. The minimum absolute atomic E-state index is 0.280. The van der Waals surface area contributed by atoms with Crippen molar-refractivity contribution in [1.29, 1.82) is 0 Å². The summed E-state index contributed by atoms with van der Waals surface area (Å²) in [4.78, 5) is 14.7. The van der Waals surface area contributed by atoms with Crippen LogP contribution in [0, 0.1) is 0 Å². The molecule has 0 unspecified atom stereocenters. The van der Waals surface area contributed by atoms with Crippen LogP contribution in [-0.2, 0) is 10.3 Å². The first kappa shape index (κ1) is 12.1. The number of hydrogen-bond acceptors (Lipinski definition) is 2. The van der Waals surface area contributed by atoms with Gasteiger partial charge in [-0.1, -0.05) is 51.0 Å². The normalized spacial score (nSPS) is 18.1. The number of carbonyl (C=O) groups excluding carboxylic acids is 1. The van der Waals surface area contributed by atoms with Crippen molar-refractivity contribution < 1.29 is 4.79 Å². The Labute approximate surface area is 103 Å². The van der Waals surface area contributed by atoms with Crippen molar-refractivity contribution >= 4 is 6.08 Å². The van der Waals surface area contributed by atoms with Gasteiger partial charge in [-0.3, -0.25) is 0 Å². The zero-order valence-corrected chi connectivity index (χ0v) is 10.6. The number of hydrogen-bond donors (Lipinski definition) is 0. The predicted octanol–water partition coefficient (Wildman–Crippen LogP) is 3.92. The fourth-order valence-corrected chi connectivity index (χ4v) is 2.69. The molecule has 0 N–H and O–H groups in total. The first-order valence-electron chi connectivity index (χ1n) is 6.37. The lowest BCUT2D eigenvalue weighted by Crippen LogP contribution is -2.18. The third kappa shape index (κ3) is 2.32. The molecular weight excluding hydrogens is 210 g/mol. The summed E-state index contributed by atoms with van der Waals surface area (Å²) in [5, 5.41) is 0. The Morgan fingerprint density at radius 3 is 2.24 bits per heavy atom. The van der Waals surface area contributed by atoms with E-state index in [0.29, 0.717) is 5.92 Å². The van der Waals surface area contributed by atoms with E-state index in [-0.39, 0.29) is 5.54 Å². The molecule has 0 aromatic heterocycles. The standard InChI is InChI=1S/C15H19NO/c1-12(2)13-5-7-14(8-6-13)15(16-11-17)9-3-4-10-15/h5-8,12H,3-4,9-10H2,1-2H3. The van der Waals surface area contributed by atoms with E-state index >= 15 is 0 Å². The van der Waals surface area contributed by atoms with Gasteiger partial charge in [0.05, 0.1) is 5.54 Å². The Morgan fingerprint density at radius 2 is 1.76 bits per heavy atom. The Bertz CT molecular complexity index is 421. The molecule has 2 nitrogen and oxygen atoms in total. The van der Waals surface area contributed by atoms with Crippen LogP contribution in [0.5, 0.6) is 0 Å². The van der Waals surface area contributed by atoms with Gasteiger partial charge in [0, 0.05) is 0 Å². The van der Waals surface area contributed by atoms with Gasteiger partial charge in [0.25, 0.3) is 0 Å². The summed E-state index contributed by atoms with van der Waals surface area (Å²) in [6.07, 6.45) is 6.01. The number of benzene rings is 1. The van der Waals surface area contributed by atoms with Crippen LogP contribution in [0.4, 0.5) is 0 Å². The SMILES string of the molecule is CC(C)c1ccc(C2(N=C=O)CCCC2)cc1. The molecule has 2 rings (SSSR count). The van der Waals surface area contributed by atoms with Crippen molar-refractivity contribution in [2.45, 2.75) is 51.0 Å². The van der Waals surface area contributed by atoms with E-state index in [9.17, 15) is 4.79 Å². The van der Waals surface area contributed by atoms with Crippen LogP contribution >= 0.6 is 0 Å². The van der Waals surface area contributed by atoms with Gasteiger partial charge in [-0.25, -0.2) is 4.79 Å². The summed E-state index contributed by atoms with van der Waals surface area (Å²) in [5.41, 5.74) is 2.22. The molecule has 0 heterocycles. The highest BCUT2D eigenvalue weighted by molar-refractivity contribution is 5.39. The van der Waals surface area contributed by atoms with Crippen LogP contribution in [0.15, 0.2) is 29.3 Å². The third-order valence-electron chi connectivity index (χ3n) is 3.81. The van der Waals surface area contributed by atoms with Crippen molar-refractivity contribution in [2.75, 3.05) is 0 Å². The van der Waals surface area contributed by atoms with Crippen LogP contribution < -0.4 is 0 Å². The van der Waals surface area contributed by atoms with Gasteiger partial charge in [0.15, 0.2) is 0 Å². The maximum atomic E-state index is 10.6. The van der Waals surface area contributed by atoms with E-state index in [2.05, 4.69) is 43.1 Å². The van der Waals surface area contributed by atoms with Crippen LogP contribution in [0.3, 0.4) is 0 Å². The minimum atomic E-state index is -0.280. The van der Waals surface area contributed by atoms with E-state index in [1.807, 2.05) is 0 Å². The second-order valence-corrected chi connectivity index (χ2v) is 5.22. The summed E-state index contributed by atoms with van der Waals surface area (Å²) in [5.74, 6) is 0.540. The van der Waals surface area contributed by atoms with E-state index in [0.717, 1.165) is 25.7 Å². The van der Waals surface area contributed by atoms with Gasteiger partial charge in [-0.2, -0.15) is 4.99 Å². The molecular formula is C15H19NO. The summed E-state index contributed by atoms with van der Waals surface area (Å²) in [6, 6.07) is 8.56. The molecule has 0 spiro atoms. The van der Waals surface area contributed by atoms with Gasteiger partial charge in [0.1, 0.15) is 0 Å². The second-order valence-electron chi connectivity index (χ2n) is 5.22. The molecule has 1 fully saturated rings. The lowest BCUT2D eigenvalue weighted by molar-refractivity contribution is 0.456. The highest BCUT2D eigenvalue weighted by atomic mass is 16.1. The second kappa shape index (κ2) is 4.85. The molecule has 0 amide bonds. The van der Waals surface area contributed by atoms with Gasteiger partial charge in [-0.05, 0) is 29.9 Å². The monoisotopic (exact) mass is 229 g/mol. The molecule has 1 aliphatic carbocycles. The number of nitrogens with zero attached hydrogens (tertiary/aromatic N) is 1. The molecule has 0 aliphatic heterocycles. The minimum Gasteiger partial charge on any atom is -0.211 e. The Morgan fingerprint density at radius 1 is 1.18 bits per heavy atom. The molecule has 1 saturated carbocycles. The zero-order valence-electron chi connectivity index (χ0n) is 10.6. The lowest BCUT2D eigenvalue weighted by atomic mass is 9.87. The van der Waals surface area contributed by atoms with Crippen LogP contribution in [0.2, 0.25) is 0 Å². The summed E-state index contributed by atoms with van der Waals surface area (Å²) >= 11 is 0. The molecule has 1 aliphatic rings. The Balaban J connectivity index is 2.34. The van der Waals surface area contributed by atoms with Gasteiger partial charge >= 0.3 is 0 Å². The molecule has 17 heavy (non-hydrogen) atoms. The maximum Gasteiger partial charge on any atom is 0.235 e. The van der Waals surface area contributed by atoms with Crippen molar-refractivity contribution in [3.63, 3.8) is 0 Å². The van der Waals surface area contributed by atoms with Crippen LogP contribution in [0.25, 0.3) is 0 Å². The first-order valence-corrected chi connectivity index (χ1v) is 6.37. The number of rotatable bonds is 3. The fourth-order valence-electron chi connectivity index (χ4n) is 2.69. The van der Waals surface area contributed by atoms with E-state index < -0.39 is 0 Å². The highest BCUT2D eigenvalue weighted by Gasteiger charge is 2.35. The smallest absolute Gasteiger partial charge is 0.211 e.